The lowest BCUT2D eigenvalue weighted by molar-refractivity contribution is -0.393. The zero-order chi connectivity index (χ0) is 17.9. The second-order valence-electron chi connectivity index (χ2n) is 6.18. The highest BCUT2D eigenvalue weighted by molar-refractivity contribution is 5.98. The molecule has 0 fully saturated rings. The Balaban J connectivity index is 2.32. The van der Waals surface area contributed by atoms with Gasteiger partial charge in [0.2, 0.25) is 0 Å². The minimum absolute atomic E-state index is 0.135. The minimum Gasteiger partial charge on any atom is -0.271 e. The van der Waals surface area contributed by atoms with Gasteiger partial charge in [-0.3, -0.25) is 25.7 Å². The number of nitro groups is 2. The molecular formula is C16H20N4O4. The molecule has 0 bridgehead atoms. The minimum atomic E-state index is -0.663. The SMILES string of the molecule is CC(C)C1=CC(=NNc2ccc([N+](=O)[O-])cc2[N+](=O)[O-])C(C)CC1. The normalized spacial score (nSPS) is 19.2. The molecule has 0 heterocycles. The van der Waals surface area contributed by atoms with Gasteiger partial charge < -0.3 is 0 Å². The Morgan fingerprint density at radius 3 is 2.54 bits per heavy atom. The van der Waals surface area contributed by atoms with E-state index in [1.165, 1.54) is 17.7 Å². The van der Waals surface area contributed by atoms with Gasteiger partial charge in [0, 0.05) is 12.0 Å². The van der Waals surface area contributed by atoms with Crippen molar-refractivity contribution in [2.24, 2.45) is 16.9 Å². The number of benzene rings is 1. The largest absolute Gasteiger partial charge is 0.301 e. The number of allylic oxidation sites excluding steroid dienone is 2. The quantitative estimate of drug-likeness (QED) is 0.639. The maximum absolute atomic E-state index is 11.1. The summed E-state index contributed by atoms with van der Waals surface area (Å²) in [6.45, 7) is 6.29. The first kappa shape index (κ1) is 17.6. The lowest BCUT2D eigenvalue weighted by atomic mass is 9.85. The van der Waals surface area contributed by atoms with E-state index < -0.39 is 9.85 Å². The number of nitrogens with one attached hydrogen (secondary N) is 1. The van der Waals surface area contributed by atoms with Gasteiger partial charge in [-0.25, -0.2) is 0 Å². The summed E-state index contributed by atoms with van der Waals surface area (Å²) < 4.78 is 0. The summed E-state index contributed by atoms with van der Waals surface area (Å²) in [5.41, 5.74) is 4.27. The summed E-state index contributed by atoms with van der Waals surface area (Å²) in [5, 5.41) is 26.2. The highest BCUT2D eigenvalue weighted by Crippen LogP contribution is 2.30. The van der Waals surface area contributed by atoms with Gasteiger partial charge in [0.25, 0.3) is 5.69 Å². The lowest BCUT2D eigenvalue weighted by Gasteiger charge is -2.22. The first-order chi connectivity index (χ1) is 11.3. The van der Waals surface area contributed by atoms with Crippen molar-refractivity contribution in [2.75, 3.05) is 5.43 Å². The Bertz CT molecular complexity index is 725. The molecule has 0 aromatic heterocycles. The standard InChI is InChI=1S/C16H20N4O4/c1-10(2)12-5-4-11(3)15(8-12)18-17-14-7-6-13(19(21)22)9-16(14)20(23)24/h6-11,17H,4-5H2,1-3H3. The molecule has 8 heteroatoms. The average molecular weight is 332 g/mol. The van der Waals surface area contributed by atoms with Crippen molar-refractivity contribution in [3.05, 3.63) is 50.1 Å². The predicted molar refractivity (Wildman–Crippen MR) is 92.1 cm³/mol. The number of anilines is 1. The number of hydrogen-bond acceptors (Lipinski definition) is 6. The van der Waals surface area contributed by atoms with Crippen molar-refractivity contribution in [1.82, 2.24) is 0 Å². The zero-order valence-electron chi connectivity index (χ0n) is 13.9. The van der Waals surface area contributed by atoms with E-state index in [4.69, 9.17) is 0 Å². The summed E-state index contributed by atoms with van der Waals surface area (Å²) in [7, 11) is 0. The van der Waals surface area contributed by atoms with Crippen LogP contribution in [0.5, 0.6) is 0 Å². The van der Waals surface area contributed by atoms with Crippen molar-refractivity contribution in [3.8, 4) is 0 Å². The van der Waals surface area contributed by atoms with Crippen LogP contribution in [0.2, 0.25) is 0 Å². The van der Waals surface area contributed by atoms with Gasteiger partial charge in [-0.2, -0.15) is 5.10 Å². The van der Waals surface area contributed by atoms with Crippen LogP contribution in [0.15, 0.2) is 34.9 Å². The van der Waals surface area contributed by atoms with Crippen LogP contribution < -0.4 is 5.43 Å². The van der Waals surface area contributed by atoms with Crippen LogP contribution in [0.1, 0.15) is 33.6 Å². The van der Waals surface area contributed by atoms with Crippen LogP contribution in [-0.4, -0.2) is 15.6 Å². The summed E-state index contributed by atoms with van der Waals surface area (Å²) in [5.74, 6) is 0.675. The van der Waals surface area contributed by atoms with Gasteiger partial charge in [0.05, 0.1) is 21.6 Å². The van der Waals surface area contributed by atoms with E-state index >= 15 is 0 Å². The highest BCUT2D eigenvalue weighted by Gasteiger charge is 2.21. The predicted octanol–water partition coefficient (Wildman–Crippen LogP) is 4.28. The fraction of sp³-hybridized carbons (Fsp3) is 0.438. The second-order valence-corrected chi connectivity index (χ2v) is 6.18. The third kappa shape index (κ3) is 3.95. The molecular weight excluding hydrogens is 312 g/mol. The number of nitro benzene ring substituents is 2. The van der Waals surface area contributed by atoms with Gasteiger partial charge in [0.1, 0.15) is 5.69 Å². The van der Waals surface area contributed by atoms with E-state index in [0.29, 0.717) is 5.92 Å². The number of nitrogens with zero attached hydrogens (tertiary/aromatic N) is 3. The maximum Gasteiger partial charge on any atom is 0.301 e. The second kappa shape index (κ2) is 7.20. The Morgan fingerprint density at radius 1 is 1.25 bits per heavy atom. The van der Waals surface area contributed by atoms with E-state index in [-0.39, 0.29) is 23.0 Å². The van der Waals surface area contributed by atoms with Crippen molar-refractivity contribution in [1.29, 1.82) is 0 Å². The third-order valence-corrected chi connectivity index (χ3v) is 4.14. The summed E-state index contributed by atoms with van der Waals surface area (Å²) in [6.07, 6.45) is 4.03. The number of hydrazone groups is 1. The van der Waals surface area contributed by atoms with E-state index in [9.17, 15) is 20.2 Å². The van der Waals surface area contributed by atoms with E-state index in [1.54, 1.807) is 0 Å². The van der Waals surface area contributed by atoms with Crippen LogP contribution in [0.3, 0.4) is 0 Å². The molecule has 1 aliphatic carbocycles. The number of non-ortho nitro benzene ring substituents is 1. The molecule has 1 unspecified atom stereocenters. The Morgan fingerprint density at radius 2 is 1.96 bits per heavy atom. The van der Waals surface area contributed by atoms with Gasteiger partial charge in [-0.05, 0) is 30.9 Å². The molecule has 128 valence electrons. The first-order valence-electron chi connectivity index (χ1n) is 7.76. The monoisotopic (exact) mass is 332 g/mol. The van der Waals surface area contributed by atoms with Gasteiger partial charge in [0.15, 0.2) is 0 Å². The first-order valence-corrected chi connectivity index (χ1v) is 7.76. The summed E-state index contributed by atoms with van der Waals surface area (Å²) >= 11 is 0. The number of hydrogen-bond donors (Lipinski definition) is 1. The molecule has 24 heavy (non-hydrogen) atoms. The molecule has 1 aliphatic rings. The van der Waals surface area contributed by atoms with Crippen LogP contribution >= 0.6 is 0 Å². The molecule has 0 spiro atoms. The van der Waals surface area contributed by atoms with E-state index in [1.807, 2.05) is 6.08 Å². The fourth-order valence-corrected chi connectivity index (χ4v) is 2.54. The van der Waals surface area contributed by atoms with Crippen molar-refractivity contribution in [3.63, 3.8) is 0 Å². The molecule has 0 aliphatic heterocycles. The molecule has 1 aromatic carbocycles. The smallest absolute Gasteiger partial charge is 0.271 e. The van der Waals surface area contributed by atoms with E-state index in [0.717, 1.165) is 24.6 Å². The lowest BCUT2D eigenvalue weighted by Crippen LogP contribution is -2.18. The van der Waals surface area contributed by atoms with E-state index in [2.05, 4.69) is 31.3 Å². The Kier molecular flexibility index (Phi) is 5.28. The molecule has 1 aromatic rings. The van der Waals surface area contributed by atoms with Gasteiger partial charge in [-0.15, -0.1) is 0 Å². The molecule has 1 N–H and O–H groups in total. The van der Waals surface area contributed by atoms with Crippen LogP contribution in [0.4, 0.5) is 17.1 Å². The topological polar surface area (TPSA) is 111 Å². The molecule has 0 saturated heterocycles. The zero-order valence-corrected chi connectivity index (χ0v) is 13.9. The van der Waals surface area contributed by atoms with Crippen LogP contribution in [0, 0.1) is 32.1 Å². The molecule has 8 nitrogen and oxygen atoms in total. The molecule has 0 amide bonds. The maximum atomic E-state index is 11.1. The number of rotatable bonds is 5. The van der Waals surface area contributed by atoms with Crippen LogP contribution in [0.25, 0.3) is 0 Å². The van der Waals surface area contributed by atoms with Gasteiger partial charge >= 0.3 is 5.69 Å². The third-order valence-electron chi connectivity index (χ3n) is 4.14. The van der Waals surface area contributed by atoms with Gasteiger partial charge in [-0.1, -0.05) is 26.3 Å². The van der Waals surface area contributed by atoms with Crippen LogP contribution in [-0.2, 0) is 0 Å². The molecule has 0 saturated carbocycles. The molecule has 0 radical (unpaired) electrons. The van der Waals surface area contributed by atoms with Crippen molar-refractivity contribution in [2.45, 2.75) is 33.6 Å². The molecule has 1 atom stereocenters. The average Bonchev–Trinajstić information content (AvgIpc) is 2.53. The Labute approximate surface area is 139 Å². The fourth-order valence-electron chi connectivity index (χ4n) is 2.54. The summed E-state index contributed by atoms with van der Waals surface area (Å²) in [6, 6.07) is 3.46. The highest BCUT2D eigenvalue weighted by atomic mass is 16.6. The Hall–Kier alpha value is -2.77. The van der Waals surface area contributed by atoms with Crippen molar-refractivity contribution >= 4 is 22.8 Å². The summed E-state index contributed by atoms with van der Waals surface area (Å²) in [4.78, 5) is 20.6. The van der Waals surface area contributed by atoms with Crippen molar-refractivity contribution < 1.29 is 9.85 Å². The molecule has 2 rings (SSSR count).